The monoisotopic (exact) mass is 348 g/mol. The third-order valence-electron chi connectivity index (χ3n) is 4.08. The fraction of sp³-hybridized carbons (Fsp3) is 0.150. The second kappa shape index (κ2) is 7.65. The second-order valence-electron chi connectivity index (χ2n) is 5.85. The van der Waals surface area contributed by atoms with Gasteiger partial charge in [-0.2, -0.15) is 0 Å². The molecule has 0 unspecified atom stereocenters. The van der Waals surface area contributed by atoms with Gasteiger partial charge in [0.2, 0.25) is 0 Å². The molecule has 0 bridgehead atoms. The first-order valence-electron chi connectivity index (χ1n) is 8.35. The van der Waals surface area contributed by atoms with Gasteiger partial charge in [0.1, 0.15) is 18.0 Å². The molecular weight excluding hydrogens is 328 g/mol. The highest BCUT2D eigenvalue weighted by atomic mass is 16.4. The van der Waals surface area contributed by atoms with Gasteiger partial charge < -0.3 is 15.7 Å². The van der Waals surface area contributed by atoms with Crippen LogP contribution in [0.4, 0.5) is 23.0 Å². The van der Waals surface area contributed by atoms with Gasteiger partial charge in [-0.1, -0.05) is 37.3 Å². The predicted molar refractivity (Wildman–Crippen MR) is 103 cm³/mol. The van der Waals surface area contributed by atoms with Crippen LogP contribution in [0, 0.1) is 6.92 Å². The number of hydrogen-bond acceptors (Lipinski definition) is 5. The van der Waals surface area contributed by atoms with E-state index < -0.39 is 5.97 Å². The van der Waals surface area contributed by atoms with Crippen molar-refractivity contribution in [2.24, 2.45) is 0 Å². The highest BCUT2D eigenvalue weighted by Crippen LogP contribution is 2.26. The number of carboxylic acid groups (broad SMARTS) is 1. The van der Waals surface area contributed by atoms with Crippen LogP contribution in [0.1, 0.15) is 28.4 Å². The van der Waals surface area contributed by atoms with E-state index in [4.69, 9.17) is 0 Å². The van der Waals surface area contributed by atoms with Gasteiger partial charge in [0.25, 0.3) is 0 Å². The molecule has 3 rings (SSSR count). The molecule has 0 saturated carbocycles. The predicted octanol–water partition coefficient (Wildman–Crippen LogP) is 4.53. The van der Waals surface area contributed by atoms with Crippen molar-refractivity contribution in [1.29, 1.82) is 0 Å². The second-order valence-corrected chi connectivity index (χ2v) is 5.85. The molecule has 0 aliphatic rings. The lowest BCUT2D eigenvalue weighted by Gasteiger charge is -2.14. The number of aryl methyl sites for hydroxylation is 2. The van der Waals surface area contributed by atoms with Gasteiger partial charge in [0, 0.05) is 11.8 Å². The summed E-state index contributed by atoms with van der Waals surface area (Å²) < 4.78 is 0. The number of aromatic carboxylic acids is 1. The SMILES string of the molecule is CCc1cccc(C)c1Nc1cc(Nc2ccccc2C(=O)O)ncn1. The Morgan fingerprint density at radius 2 is 1.77 bits per heavy atom. The number of nitrogens with zero attached hydrogens (tertiary/aromatic N) is 2. The normalized spacial score (nSPS) is 10.4. The lowest BCUT2D eigenvalue weighted by atomic mass is 10.1. The first-order chi connectivity index (χ1) is 12.6. The van der Waals surface area contributed by atoms with Crippen LogP contribution >= 0.6 is 0 Å². The summed E-state index contributed by atoms with van der Waals surface area (Å²) >= 11 is 0. The Balaban J connectivity index is 1.87. The van der Waals surface area contributed by atoms with Crippen LogP contribution in [0.25, 0.3) is 0 Å². The Hall–Kier alpha value is -3.41. The molecule has 1 aromatic heterocycles. The summed E-state index contributed by atoms with van der Waals surface area (Å²) in [5, 5.41) is 15.7. The summed E-state index contributed by atoms with van der Waals surface area (Å²) in [5.41, 5.74) is 4.04. The van der Waals surface area contributed by atoms with Gasteiger partial charge in [-0.25, -0.2) is 14.8 Å². The van der Waals surface area contributed by atoms with Crippen molar-refractivity contribution >= 4 is 29.0 Å². The molecule has 26 heavy (non-hydrogen) atoms. The van der Waals surface area contributed by atoms with Crippen LogP contribution < -0.4 is 10.6 Å². The number of anilines is 4. The Bertz CT molecular complexity index is 941. The van der Waals surface area contributed by atoms with Crippen molar-refractivity contribution < 1.29 is 9.90 Å². The van der Waals surface area contributed by atoms with Gasteiger partial charge in [-0.3, -0.25) is 0 Å². The minimum absolute atomic E-state index is 0.188. The van der Waals surface area contributed by atoms with Crippen LogP contribution in [0.3, 0.4) is 0 Å². The molecule has 0 aliphatic heterocycles. The molecule has 0 atom stereocenters. The Kier molecular flexibility index (Phi) is 5.12. The van der Waals surface area contributed by atoms with Crippen molar-refractivity contribution in [2.45, 2.75) is 20.3 Å². The molecule has 0 radical (unpaired) electrons. The fourth-order valence-electron chi connectivity index (χ4n) is 2.74. The van der Waals surface area contributed by atoms with Gasteiger partial charge in [0.05, 0.1) is 11.3 Å². The lowest BCUT2D eigenvalue weighted by molar-refractivity contribution is 0.0698. The molecule has 6 nitrogen and oxygen atoms in total. The fourth-order valence-corrected chi connectivity index (χ4v) is 2.74. The largest absolute Gasteiger partial charge is 0.478 e. The number of rotatable bonds is 6. The number of para-hydroxylation sites is 2. The molecule has 0 spiro atoms. The minimum atomic E-state index is -0.993. The van der Waals surface area contributed by atoms with E-state index in [1.807, 2.05) is 19.1 Å². The van der Waals surface area contributed by atoms with Gasteiger partial charge >= 0.3 is 5.97 Å². The molecule has 1 heterocycles. The molecule has 0 saturated heterocycles. The van der Waals surface area contributed by atoms with Crippen molar-refractivity contribution in [3.63, 3.8) is 0 Å². The molecule has 3 N–H and O–H groups in total. The summed E-state index contributed by atoms with van der Waals surface area (Å²) in [5.74, 6) is 0.162. The van der Waals surface area contributed by atoms with Crippen LogP contribution in [0.5, 0.6) is 0 Å². The van der Waals surface area contributed by atoms with E-state index in [9.17, 15) is 9.90 Å². The van der Waals surface area contributed by atoms with Gasteiger partial charge in [0.15, 0.2) is 0 Å². The molecule has 6 heteroatoms. The highest BCUT2D eigenvalue weighted by Gasteiger charge is 2.11. The van der Waals surface area contributed by atoms with Gasteiger partial charge in [-0.15, -0.1) is 0 Å². The summed E-state index contributed by atoms with van der Waals surface area (Å²) in [6.45, 7) is 4.15. The van der Waals surface area contributed by atoms with E-state index in [-0.39, 0.29) is 5.56 Å². The average Bonchev–Trinajstić information content (AvgIpc) is 2.64. The quantitative estimate of drug-likeness (QED) is 0.606. The minimum Gasteiger partial charge on any atom is -0.478 e. The smallest absolute Gasteiger partial charge is 0.337 e. The van der Waals surface area contributed by atoms with E-state index in [0.29, 0.717) is 17.3 Å². The molecular formula is C20H20N4O2. The number of carbonyl (C=O) groups is 1. The van der Waals surface area contributed by atoms with Crippen LogP contribution in [-0.2, 0) is 6.42 Å². The van der Waals surface area contributed by atoms with Crippen molar-refractivity contribution in [1.82, 2.24) is 9.97 Å². The number of carboxylic acids is 1. The molecule has 0 fully saturated rings. The lowest BCUT2D eigenvalue weighted by Crippen LogP contribution is -2.05. The zero-order valence-electron chi connectivity index (χ0n) is 14.7. The summed E-state index contributed by atoms with van der Waals surface area (Å²) in [6, 6.07) is 14.6. The Morgan fingerprint density at radius 1 is 1.04 bits per heavy atom. The maximum Gasteiger partial charge on any atom is 0.337 e. The first kappa shape index (κ1) is 17.4. The van der Waals surface area contributed by atoms with E-state index in [1.165, 1.54) is 11.9 Å². The number of aromatic nitrogens is 2. The van der Waals surface area contributed by atoms with Crippen LogP contribution in [0.15, 0.2) is 54.9 Å². The van der Waals surface area contributed by atoms with Crippen molar-refractivity contribution in [3.05, 3.63) is 71.5 Å². The topological polar surface area (TPSA) is 87.1 Å². The van der Waals surface area contributed by atoms with E-state index in [1.54, 1.807) is 30.3 Å². The number of benzene rings is 2. The zero-order chi connectivity index (χ0) is 18.5. The maximum atomic E-state index is 11.3. The number of nitrogens with one attached hydrogen (secondary N) is 2. The molecule has 132 valence electrons. The standard InChI is InChI=1S/C20H20N4O2/c1-3-14-8-6-7-13(2)19(14)24-18-11-17(21-12-22-18)23-16-10-5-4-9-15(16)20(25)26/h4-12H,3H2,1-2H3,(H,25,26)(H2,21,22,23,24). The molecule has 0 aliphatic carbocycles. The summed E-state index contributed by atoms with van der Waals surface area (Å²) in [4.78, 5) is 19.8. The Labute approximate surface area is 152 Å². The third kappa shape index (κ3) is 3.80. The Morgan fingerprint density at radius 3 is 2.50 bits per heavy atom. The maximum absolute atomic E-state index is 11.3. The summed E-state index contributed by atoms with van der Waals surface area (Å²) in [7, 11) is 0. The van der Waals surface area contributed by atoms with Gasteiger partial charge in [-0.05, 0) is 36.6 Å². The first-order valence-corrected chi connectivity index (χ1v) is 8.35. The third-order valence-corrected chi connectivity index (χ3v) is 4.08. The zero-order valence-corrected chi connectivity index (χ0v) is 14.7. The van der Waals surface area contributed by atoms with Crippen molar-refractivity contribution in [2.75, 3.05) is 10.6 Å². The van der Waals surface area contributed by atoms with E-state index in [2.05, 4.69) is 33.6 Å². The van der Waals surface area contributed by atoms with Crippen molar-refractivity contribution in [3.8, 4) is 0 Å². The van der Waals surface area contributed by atoms with E-state index >= 15 is 0 Å². The van der Waals surface area contributed by atoms with Crippen LogP contribution in [0.2, 0.25) is 0 Å². The number of hydrogen-bond donors (Lipinski definition) is 3. The molecule has 2 aromatic carbocycles. The van der Waals surface area contributed by atoms with E-state index in [0.717, 1.165) is 17.7 Å². The van der Waals surface area contributed by atoms with Crippen LogP contribution in [-0.4, -0.2) is 21.0 Å². The highest BCUT2D eigenvalue weighted by molar-refractivity contribution is 5.95. The molecule has 0 amide bonds. The average molecular weight is 348 g/mol. The summed E-state index contributed by atoms with van der Waals surface area (Å²) in [6.07, 6.45) is 2.35. The molecule has 3 aromatic rings.